The predicted octanol–water partition coefficient (Wildman–Crippen LogP) is 5.32. The molecule has 198 valence electrons. The van der Waals surface area contributed by atoms with Crippen LogP contribution in [0.15, 0.2) is 58.8 Å². The molecule has 0 saturated heterocycles. The quantitative estimate of drug-likeness (QED) is 0.135. The molecule has 13 heteroatoms. The van der Waals surface area contributed by atoms with Gasteiger partial charge in [-0.25, -0.2) is 18.7 Å². The van der Waals surface area contributed by atoms with E-state index in [9.17, 15) is 22.0 Å². The van der Waals surface area contributed by atoms with Gasteiger partial charge in [-0.05, 0) is 40.3 Å². The van der Waals surface area contributed by atoms with Crippen molar-refractivity contribution in [3.63, 3.8) is 0 Å². The first-order valence-corrected chi connectivity index (χ1v) is 12.0. The van der Waals surface area contributed by atoms with Gasteiger partial charge in [-0.2, -0.15) is 18.3 Å². The van der Waals surface area contributed by atoms with E-state index in [0.717, 1.165) is 35.7 Å². The fourth-order valence-corrected chi connectivity index (χ4v) is 4.96. The summed E-state index contributed by atoms with van der Waals surface area (Å²) in [5, 5.41) is 3.94. The second-order valence-electron chi connectivity index (χ2n) is 8.23. The van der Waals surface area contributed by atoms with Crippen molar-refractivity contribution in [3.8, 4) is 21.7 Å². The highest BCUT2D eigenvalue weighted by Gasteiger charge is 2.39. The summed E-state index contributed by atoms with van der Waals surface area (Å²) in [5.41, 5.74) is 5.61. The Bertz CT molecular complexity index is 1500. The molecule has 4 rings (SSSR count). The Balaban J connectivity index is 1.75. The number of hydrogen-bond donors (Lipinski definition) is 2. The second-order valence-corrected chi connectivity index (χ2v) is 9.28. The SMILES string of the molecule is CN(CCN=CC=NN)c1ncc(F)c(-c2cc3cccc(-c4cc(F)ccc4[C@@H](N)C(F)(F)F)c3s2)n1. The van der Waals surface area contributed by atoms with Crippen LogP contribution in [0.2, 0.25) is 0 Å². The van der Waals surface area contributed by atoms with Crippen LogP contribution in [-0.4, -0.2) is 48.7 Å². The highest BCUT2D eigenvalue weighted by molar-refractivity contribution is 7.22. The van der Waals surface area contributed by atoms with Crippen molar-refractivity contribution < 1.29 is 22.0 Å². The van der Waals surface area contributed by atoms with Crippen molar-refractivity contribution in [2.24, 2.45) is 21.7 Å². The smallest absolute Gasteiger partial charge is 0.342 e. The number of aliphatic imine (C=N–C) groups is 1. The van der Waals surface area contributed by atoms with E-state index in [4.69, 9.17) is 11.6 Å². The zero-order valence-electron chi connectivity index (χ0n) is 20.0. The van der Waals surface area contributed by atoms with Crippen LogP contribution in [0.1, 0.15) is 11.6 Å². The normalized spacial score (nSPS) is 13.1. The van der Waals surface area contributed by atoms with E-state index in [-0.39, 0.29) is 22.8 Å². The second kappa shape index (κ2) is 11.2. The maximum atomic E-state index is 14.8. The number of fused-ring (bicyclic) bond motifs is 1. The summed E-state index contributed by atoms with van der Waals surface area (Å²) in [6.45, 7) is 0.819. The number of nitrogens with two attached hydrogens (primary N) is 2. The minimum Gasteiger partial charge on any atom is -0.342 e. The first-order valence-electron chi connectivity index (χ1n) is 11.2. The minimum atomic E-state index is -4.73. The lowest BCUT2D eigenvalue weighted by Gasteiger charge is -2.20. The van der Waals surface area contributed by atoms with E-state index in [1.54, 1.807) is 36.2 Å². The van der Waals surface area contributed by atoms with E-state index in [1.165, 1.54) is 12.4 Å². The molecule has 0 aliphatic carbocycles. The number of aromatic nitrogens is 2. The molecule has 2 aromatic heterocycles. The van der Waals surface area contributed by atoms with E-state index in [2.05, 4.69) is 20.1 Å². The number of rotatable bonds is 8. The maximum absolute atomic E-state index is 14.8. The first-order chi connectivity index (χ1) is 18.1. The number of hydrogen-bond acceptors (Lipinski definition) is 8. The summed E-state index contributed by atoms with van der Waals surface area (Å²) in [6.07, 6.45) is -0.884. The van der Waals surface area contributed by atoms with Gasteiger partial charge in [0.15, 0.2) is 5.82 Å². The third-order valence-electron chi connectivity index (χ3n) is 5.67. The van der Waals surface area contributed by atoms with Crippen LogP contribution in [0.3, 0.4) is 0 Å². The van der Waals surface area contributed by atoms with Crippen LogP contribution in [0, 0.1) is 11.6 Å². The summed E-state index contributed by atoms with van der Waals surface area (Å²) in [4.78, 5) is 14.6. The average molecular weight is 548 g/mol. The van der Waals surface area contributed by atoms with Crippen LogP contribution in [0.25, 0.3) is 31.8 Å². The molecule has 38 heavy (non-hydrogen) atoms. The van der Waals surface area contributed by atoms with Gasteiger partial charge in [-0.1, -0.05) is 24.3 Å². The van der Waals surface area contributed by atoms with E-state index in [0.29, 0.717) is 33.6 Å². The third-order valence-corrected chi connectivity index (χ3v) is 6.86. The Hall–Kier alpha value is -3.97. The molecule has 4 N–H and O–H groups in total. The molecule has 2 aromatic carbocycles. The van der Waals surface area contributed by atoms with Gasteiger partial charge in [-0.15, -0.1) is 11.3 Å². The predicted molar refractivity (Wildman–Crippen MR) is 140 cm³/mol. The number of thiophene rings is 1. The van der Waals surface area contributed by atoms with E-state index in [1.807, 2.05) is 0 Å². The van der Waals surface area contributed by atoms with Gasteiger partial charge >= 0.3 is 6.18 Å². The van der Waals surface area contributed by atoms with Crippen molar-refractivity contribution in [3.05, 3.63) is 65.9 Å². The van der Waals surface area contributed by atoms with Gasteiger partial charge in [0.1, 0.15) is 17.6 Å². The molecule has 7 nitrogen and oxygen atoms in total. The Morgan fingerprint density at radius 1 is 1.11 bits per heavy atom. The average Bonchev–Trinajstić information content (AvgIpc) is 3.32. The monoisotopic (exact) mass is 547 g/mol. The van der Waals surface area contributed by atoms with Crippen LogP contribution in [0.4, 0.5) is 27.9 Å². The van der Waals surface area contributed by atoms with Crippen LogP contribution in [-0.2, 0) is 0 Å². The van der Waals surface area contributed by atoms with Gasteiger partial charge in [0.2, 0.25) is 5.95 Å². The largest absolute Gasteiger partial charge is 0.407 e. The standard InChI is InChI=1S/C25H22F5N7S/c1-37(10-9-33-7-8-35-32)24-34-13-19(27)21(36-24)20-11-14-3-2-4-16(22(14)38-20)18-12-15(26)5-6-17(18)23(31)25(28,29)30/h2-8,11-13,23H,9-10,31-32H2,1H3/t23-/m1/s1. The van der Waals surface area contributed by atoms with Gasteiger partial charge in [0, 0.05) is 24.5 Å². The topological polar surface area (TPSA) is 106 Å². The summed E-state index contributed by atoms with van der Waals surface area (Å²) < 4.78 is 69.9. The van der Waals surface area contributed by atoms with Gasteiger partial charge < -0.3 is 16.5 Å². The number of benzene rings is 2. The molecule has 4 aromatic rings. The molecule has 0 amide bonds. The number of anilines is 1. The highest BCUT2D eigenvalue weighted by Crippen LogP contribution is 2.43. The molecule has 2 heterocycles. The van der Waals surface area contributed by atoms with Crippen molar-refractivity contribution in [2.45, 2.75) is 12.2 Å². The summed E-state index contributed by atoms with van der Waals surface area (Å²) in [6, 6.07) is 7.31. The Kier molecular flexibility index (Phi) is 7.97. The molecule has 0 spiro atoms. The van der Waals surface area contributed by atoms with E-state index >= 15 is 0 Å². The Morgan fingerprint density at radius 2 is 1.89 bits per heavy atom. The number of likely N-dealkylation sites (N-methyl/N-ethyl adjacent to an activating group) is 1. The maximum Gasteiger partial charge on any atom is 0.407 e. The molecular weight excluding hydrogens is 525 g/mol. The van der Waals surface area contributed by atoms with Crippen molar-refractivity contribution >= 4 is 39.8 Å². The lowest BCUT2D eigenvalue weighted by molar-refractivity contribution is -0.149. The molecule has 1 atom stereocenters. The summed E-state index contributed by atoms with van der Waals surface area (Å²) in [5.74, 6) is 3.89. The number of hydrazone groups is 1. The lowest BCUT2D eigenvalue weighted by atomic mass is 9.94. The van der Waals surface area contributed by atoms with E-state index < -0.39 is 23.9 Å². The van der Waals surface area contributed by atoms with Gasteiger partial charge in [-0.3, -0.25) is 4.99 Å². The van der Waals surface area contributed by atoms with Crippen LogP contribution in [0.5, 0.6) is 0 Å². The van der Waals surface area contributed by atoms with Crippen LogP contribution < -0.4 is 16.5 Å². The van der Waals surface area contributed by atoms with Crippen molar-refractivity contribution in [1.82, 2.24) is 9.97 Å². The fraction of sp³-hybridized carbons (Fsp3) is 0.200. The molecule has 0 unspecified atom stereocenters. The zero-order valence-corrected chi connectivity index (χ0v) is 20.8. The van der Waals surface area contributed by atoms with Gasteiger partial charge in [0.05, 0.1) is 23.8 Å². The molecule has 0 saturated carbocycles. The summed E-state index contributed by atoms with van der Waals surface area (Å²) >= 11 is 1.12. The third kappa shape index (κ3) is 5.78. The minimum absolute atomic E-state index is 0.0117. The Labute approximate surface area is 218 Å². The molecule has 0 radical (unpaired) electrons. The van der Waals surface area contributed by atoms with Crippen molar-refractivity contribution in [2.75, 3.05) is 25.0 Å². The fourth-order valence-electron chi connectivity index (χ4n) is 3.78. The molecule has 0 aliphatic heterocycles. The molecule has 0 fully saturated rings. The number of halogens is 5. The molecule has 0 aliphatic rings. The highest BCUT2D eigenvalue weighted by atomic mass is 32.1. The number of alkyl halides is 3. The van der Waals surface area contributed by atoms with Crippen molar-refractivity contribution in [1.29, 1.82) is 0 Å². The lowest BCUT2D eigenvalue weighted by Crippen LogP contribution is -2.29. The van der Waals surface area contributed by atoms with Gasteiger partial charge in [0.25, 0.3) is 0 Å². The molecular formula is C25H22F5N7S. The molecule has 0 bridgehead atoms. The Morgan fingerprint density at radius 3 is 2.63 bits per heavy atom. The summed E-state index contributed by atoms with van der Waals surface area (Å²) in [7, 11) is 1.72. The number of nitrogens with zero attached hydrogens (tertiary/aromatic N) is 5. The first kappa shape index (κ1) is 27.1. The van der Waals surface area contributed by atoms with Crippen LogP contribution >= 0.6 is 11.3 Å². The zero-order chi connectivity index (χ0) is 27.4.